The smallest absolute Gasteiger partial charge is 0.349 e. The fraction of sp³-hybridized carbons (Fsp3) is 0.500. The van der Waals surface area contributed by atoms with Crippen LogP contribution in [0.4, 0.5) is 0 Å². The Morgan fingerprint density at radius 1 is 1.26 bits per heavy atom. The monoisotopic (exact) mass is 317 g/mol. The molecule has 0 radical (unpaired) electrons. The van der Waals surface area contributed by atoms with Gasteiger partial charge in [0.1, 0.15) is 0 Å². The van der Waals surface area contributed by atoms with Gasteiger partial charge in [0.2, 0.25) is 6.10 Å². The van der Waals surface area contributed by atoms with E-state index in [1.807, 2.05) is 18.2 Å². The highest BCUT2D eigenvalue weighted by atomic mass is 16.6. The molecule has 2 unspecified atom stereocenters. The van der Waals surface area contributed by atoms with Crippen molar-refractivity contribution in [3.63, 3.8) is 0 Å². The zero-order valence-electron chi connectivity index (χ0n) is 13.7. The summed E-state index contributed by atoms with van der Waals surface area (Å²) in [6.45, 7) is 3.28. The Balaban J connectivity index is 1.97. The molecular formula is C18H23NO4. The Labute approximate surface area is 136 Å². The molecule has 1 aromatic rings. The summed E-state index contributed by atoms with van der Waals surface area (Å²) >= 11 is 0. The summed E-state index contributed by atoms with van der Waals surface area (Å²) in [6.07, 6.45) is 2.39. The molecule has 23 heavy (non-hydrogen) atoms. The van der Waals surface area contributed by atoms with Crippen molar-refractivity contribution in [1.29, 1.82) is 0 Å². The van der Waals surface area contributed by atoms with Gasteiger partial charge in [0, 0.05) is 12.6 Å². The number of hydrogen-bond donors (Lipinski definition) is 0. The van der Waals surface area contributed by atoms with Gasteiger partial charge >= 0.3 is 11.9 Å². The number of ether oxygens (including phenoxy) is 2. The van der Waals surface area contributed by atoms with Crippen molar-refractivity contribution in [3.05, 3.63) is 35.9 Å². The Morgan fingerprint density at radius 2 is 2.00 bits per heavy atom. The summed E-state index contributed by atoms with van der Waals surface area (Å²) in [6, 6.07) is 9.89. The van der Waals surface area contributed by atoms with Crippen molar-refractivity contribution < 1.29 is 19.1 Å². The summed E-state index contributed by atoms with van der Waals surface area (Å²) in [7, 11) is 0. The van der Waals surface area contributed by atoms with Gasteiger partial charge < -0.3 is 9.47 Å². The minimum absolute atomic E-state index is 0.258. The molecule has 0 saturated heterocycles. The zero-order valence-corrected chi connectivity index (χ0v) is 13.7. The molecule has 0 spiro atoms. The van der Waals surface area contributed by atoms with Gasteiger partial charge in [0.15, 0.2) is 0 Å². The van der Waals surface area contributed by atoms with Crippen molar-refractivity contribution in [2.75, 3.05) is 6.61 Å². The third-order valence-corrected chi connectivity index (χ3v) is 3.78. The SMILES string of the molecule is CCOC(=O)C(OC(C)=O)C1CCC(CCc2ccccc2)=N1. The number of hydrogen-bond acceptors (Lipinski definition) is 5. The largest absolute Gasteiger partial charge is 0.463 e. The third-order valence-electron chi connectivity index (χ3n) is 3.78. The molecule has 0 amide bonds. The topological polar surface area (TPSA) is 65.0 Å². The third kappa shape index (κ3) is 5.20. The molecule has 0 bridgehead atoms. The second kappa shape index (κ2) is 8.46. The molecule has 1 aliphatic heterocycles. The van der Waals surface area contributed by atoms with E-state index in [4.69, 9.17) is 9.47 Å². The number of esters is 2. The van der Waals surface area contributed by atoms with E-state index in [9.17, 15) is 9.59 Å². The lowest BCUT2D eigenvalue weighted by Gasteiger charge is -2.19. The summed E-state index contributed by atoms with van der Waals surface area (Å²) < 4.78 is 10.1. The van der Waals surface area contributed by atoms with Crippen LogP contribution in [0.15, 0.2) is 35.3 Å². The maximum atomic E-state index is 12.0. The van der Waals surface area contributed by atoms with Crippen molar-refractivity contribution in [2.45, 2.75) is 51.7 Å². The predicted octanol–water partition coefficient (Wildman–Crippen LogP) is 2.72. The lowest BCUT2D eigenvalue weighted by atomic mass is 10.0. The van der Waals surface area contributed by atoms with Crippen molar-refractivity contribution in [2.24, 2.45) is 4.99 Å². The van der Waals surface area contributed by atoms with E-state index in [1.165, 1.54) is 12.5 Å². The Bertz CT molecular complexity index is 568. The number of benzene rings is 1. The van der Waals surface area contributed by atoms with Crippen LogP contribution in [-0.2, 0) is 25.5 Å². The number of aryl methyl sites for hydroxylation is 1. The molecule has 1 heterocycles. The van der Waals surface area contributed by atoms with Crippen LogP contribution in [0.2, 0.25) is 0 Å². The van der Waals surface area contributed by atoms with E-state index in [0.717, 1.165) is 25.0 Å². The maximum absolute atomic E-state index is 12.0. The predicted molar refractivity (Wildman–Crippen MR) is 87.4 cm³/mol. The van der Waals surface area contributed by atoms with Crippen LogP contribution in [-0.4, -0.2) is 36.4 Å². The molecule has 2 atom stereocenters. The average molecular weight is 317 g/mol. The molecule has 0 N–H and O–H groups in total. The molecule has 1 aliphatic rings. The molecule has 0 saturated carbocycles. The molecule has 124 valence electrons. The van der Waals surface area contributed by atoms with Gasteiger partial charge in [-0.25, -0.2) is 4.79 Å². The van der Waals surface area contributed by atoms with Gasteiger partial charge in [-0.1, -0.05) is 30.3 Å². The van der Waals surface area contributed by atoms with Gasteiger partial charge in [-0.15, -0.1) is 0 Å². The van der Waals surface area contributed by atoms with Gasteiger partial charge in [0.25, 0.3) is 0 Å². The van der Waals surface area contributed by atoms with Gasteiger partial charge in [-0.3, -0.25) is 9.79 Å². The highest BCUT2D eigenvalue weighted by molar-refractivity contribution is 5.88. The van der Waals surface area contributed by atoms with Crippen LogP contribution < -0.4 is 0 Å². The van der Waals surface area contributed by atoms with E-state index >= 15 is 0 Å². The van der Waals surface area contributed by atoms with Crippen LogP contribution >= 0.6 is 0 Å². The summed E-state index contributed by atoms with van der Waals surface area (Å²) in [5, 5.41) is 0. The Hall–Kier alpha value is -2.17. The lowest BCUT2D eigenvalue weighted by molar-refractivity contribution is -0.167. The summed E-state index contributed by atoms with van der Waals surface area (Å²) in [5.41, 5.74) is 2.33. The molecule has 1 aromatic carbocycles. The minimum atomic E-state index is -0.929. The molecule has 0 aliphatic carbocycles. The maximum Gasteiger partial charge on any atom is 0.349 e. The highest BCUT2D eigenvalue weighted by Gasteiger charge is 2.35. The fourth-order valence-electron chi connectivity index (χ4n) is 2.71. The molecule has 0 fully saturated rings. The Morgan fingerprint density at radius 3 is 2.65 bits per heavy atom. The molecule has 2 rings (SSSR count). The molecule has 5 heteroatoms. The molecule has 0 aromatic heterocycles. The summed E-state index contributed by atoms with van der Waals surface area (Å²) in [5.74, 6) is -1.00. The minimum Gasteiger partial charge on any atom is -0.463 e. The first-order valence-electron chi connectivity index (χ1n) is 8.03. The van der Waals surface area contributed by atoms with Crippen LogP contribution in [0.3, 0.4) is 0 Å². The molecular weight excluding hydrogens is 294 g/mol. The quantitative estimate of drug-likeness (QED) is 0.725. The molecule has 5 nitrogen and oxygen atoms in total. The van der Waals surface area contributed by atoms with Crippen molar-refractivity contribution in [1.82, 2.24) is 0 Å². The van der Waals surface area contributed by atoms with Gasteiger partial charge in [-0.2, -0.15) is 0 Å². The zero-order chi connectivity index (χ0) is 16.7. The number of rotatable bonds is 7. The van der Waals surface area contributed by atoms with Gasteiger partial charge in [0.05, 0.1) is 12.6 Å². The van der Waals surface area contributed by atoms with E-state index in [2.05, 4.69) is 17.1 Å². The van der Waals surface area contributed by atoms with Crippen LogP contribution in [0.1, 0.15) is 38.7 Å². The average Bonchev–Trinajstić information content (AvgIpc) is 3.00. The number of carbonyl (C=O) groups excluding carboxylic acids is 2. The second-order valence-electron chi connectivity index (χ2n) is 5.57. The standard InChI is InChI=1S/C18H23NO4/c1-3-22-18(21)17(23-13(2)20)16-12-11-15(19-16)10-9-14-7-5-4-6-8-14/h4-8,16-17H,3,9-12H2,1-2H3. The second-order valence-corrected chi connectivity index (χ2v) is 5.57. The van der Waals surface area contributed by atoms with Crippen LogP contribution in [0.5, 0.6) is 0 Å². The van der Waals surface area contributed by atoms with E-state index in [-0.39, 0.29) is 12.6 Å². The van der Waals surface area contributed by atoms with Gasteiger partial charge in [-0.05, 0) is 38.2 Å². The first-order chi connectivity index (χ1) is 11.1. The van der Waals surface area contributed by atoms with E-state index in [0.29, 0.717) is 6.42 Å². The number of carbonyl (C=O) groups is 2. The van der Waals surface area contributed by atoms with Crippen molar-refractivity contribution >= 4 is 17.7 Å². The fourth-order valence-corrected chi connectivity index (χ4v) is 2.71. The Kier molecular flexibility index (Phi) is 6.32. The number of nitrogens with zero attached hydrogens (tertiary/aromatic N) is 1. The first kappa shape index (κ1) is 17.2. The summed E-state index contributed by atoms with van der Waals surface area (Å²) in [4.78, 5) is 27.8. The normalized spacial score (nSPS) is 18.2. The lowest BCUT2D eigenvalue weighted by Crippen LogP contribution is -2.37. The first-order valence-corrected chi connectivity index (χ1v) is 8.03. The van der Waals surface area contributed by atoms with Crippen molar-refractivity contribution in [3.8, 4) is 0 Å². The number of aliphatic imine (C=N–C) groups is 1. The van der Waals surface area contributed by atoms with E-state index in [1.54, 1.807) is 6.92 Å². The van der Waals surface area contributed by atoms with Crippen LogP contribution in [0, 0.1) is 0 Å². The highest BCUT2D eigenvalue weighted by Crippen LogP contribution is 2.22. The van der Waals surface area contributed by atoms with E-state index < -0.39 is 18.0 Å². The van der Waals surface area contributed by atoms with Crippen LogP contribution in [0.25, 0.3) is 0 Å².